The van der Waals surface area contributed by atoms with Crippen molar-refractivity contribution >= 4 is 5.97 Å². The molecule has 0 saturated carbocycles. The lowest BCUT2D eigenvalue weighted by Gasteiger charge is -2.10. The number of hydrogen-bond donors (Lipinski definition) is 1. The highest BCUT2D eigenvalue weighted by atomic mass is 16.5. The molecule has 92 valence electrons. The van der Waals surface area contributed by atoms with Crippen molar-refractivity contribution in [3.05, 3.63) is 48.8 Å². The van der Waals surface area contributed by atoms with E-state index in [9.17, 15) is 4.79 Å². The van der Waals surface area contributed by atoms with Gasteiger partial charge in [0.2, 0.25) is 0 Å². The summed E-state index contributed by atoms with van der Waals surface area (Å²) in [4.78, 5) is 14.7. The first-order valence-corrected chi connectivity index (χ1v) is 5.57. The zero-order valence-electron chi connectivity index (χ0n) is 9.91. The molecule has 2 rings (SSSR count). The zero-order valence-corrected chi connectivity index (χ0v) is 9.91. The lowest BCUT2D eigenvalue weighted by atomic mass is 10.1. The van der Waals surface area contributed by atoms with Crippen LogP contribution in [0, 0.1) is 0 Å². The summed E-state index contributed by atoms with van der Waals surface area (Å²) in [5.41, 5.74) is 2.02. The predicted molar refractivity (Wildman–Crippen MR) is 67.4 cm³/mol. The number of benzene rings is 1. The SMILES string of the molecule is CC(Oc1ccc(-c2cccnc2)cc1)C(=O)O. The van der Waals surface area contributed by atoms with Gasteiger partial charge in [0.15, 0.2) is 6.10 Å². The molecule has 0 fully saturated rings. The third-order valence-corrected chi connectivity index (χ3v) is 2.51. The average molecular weight is 243 g/mol. The van der Waals surface area contributed by atoms with Crippen molar-refractivity contribution in [1.29, 1.82) is 0 Å². The first-order valence-electron chi connectivity index (χ1n) is 5.57. The molecule has 0 saturated heterocycles. The Balaban J connectivity index is 2.13. The largest absolute Gasteiger partial charge is 0.479 e. The third kappa shape index (κ3) is 2.85. The summed E-state index contributed by atoms with van der Waals surface area (Å²) in [5, 5.41) is 8.74. The molecule has 0 aliphatic heterocycles. The first kappa shape index (κ1) is 12.1. The lowest BCUT2D eigenvalue weighted by molar-refractivity contribution is -0.144. The van der Waals surface area contributed by atoms with Crippen molar-refractivity contribution < 1.29 is 14.6 Å². The van der Waals surface area contributed by atoms with Crippen LogP contribution in [0.2, 0.25) is 0 Å². The van der Waals surface area contributed by atoms with E-state index in [1.54, 1.807) is 24.5 Å². The van der Waals surface area contributed by atoms with E-state index in [1.807, 2.05) is 24.3 Å². The Labute approximate surface area is 105 Å². The number of aliphatic carboxylic acids is 1. The number of aromatic nitrogens is 1. The van der Waals surface area contributed by atoms with Crippen LogP contribution in [0.15, 0.2) is 48.8 Å². The van der Waals surface area contributed by atoms with Crippen LogP contribution in [0.5, 0.6) is 5.75 Å². The van der Waals surface area contributed by atoms with E-state index < -0.39 is 12.1 Å². The van der Waals surface area contributed by atoms with Gasteiger partial charge in [0.25, 0.3) is 0 Å². The Hall–Kier alpha value is -2.36. The van der Waals surface area contributed by atoms with Gasteiger partial charge in [-0.25, -0.2) is 4.79 Å². The number of rotatable bonds is 4. The highest BCUT2D eigenvalue weighted by Crippen LogP contribution is 2.21. The highest BCUT2D eigenvalue weighted by Gasteiger charge is 2.12. The molecular formula is C14H13NO3. The van der Waals surface area contributed by atoms with Gasteiger partial charge in [-0.2, -0.15) is 0 Å². The molecule has 0 amide bonds. The fourth-order valence-electron chi connectivity index (χ4n) is 1.51. The summed E-state index contributed by atoms with van der Waals surface area (Å²) in [7, 11) is 0. The Morgan fingerprint density at radius 1 is 1.22 bits per heavy atom. The molecule has 1 aromatic heterocycles. The number of carboxylic acid groups (broad SMARTS) is 1. The fourth-order valence-corrected chi connectivity index (χ4v) is 1.51. The predicted octanol–water partition coefficient (Wildman–Crippen LogP) is 2.60. The number of carboxylic acids is 1. The number of carbonyl (C=O) groups is 1. The maximum absolute atomic E-state index is 10.7. The second-order valence-corrected chi connectivity index (χ2v) is 3.86. The smallest absolute Gasteiger partial charge is 0.344 e. The van der Waals surface area contributed by atoms with Gasteiger partial charge in [-0.15, -0.1) is 0 Å². The summed E-state index contributed by atoms with van der Waals surface area (Å²) < 4.78 is 5.25. The van der Waals surface area contributed by atoms with Gasteiger partial charge in [0.1, 0.15) is 5.75 Å². The molecule has 0 spiro atoms. The average Bonchev–Trinajstić information content (AvgIpc) is 2.40. The number of ether oxygens (including phenoxy) is 1. The topological polar surface area (TPSA) is 59.4 Å². The quantitative estimate of drug-likeness (QED) is 0.896. The van der Waals surface area contributed by atoms with Gasteiger partial charge in [0.05, 0.1) is 0 Å². The molecule has 0 aliphatic rings. The van der Waals surface area contributed by atoms with Gasteiger partial charge in [-0.3, -0.25) is 4.98 Å². The molecular weight excluding hydrogens is 230 g/mol. The Morgan fingerprint density at radius 3 is 2.50 bits per heavy atom. The molecule has 1 atom stereocenters. The van der Waals surface area contributed by atoms with E-state index in [1.165, 1.54) is 6.92 Å². The van der Waals surface area contributed by atoms with Crippen LogP contribution in [0.25, 0.3) is 11.1 Å². The van der Waals surface area contributed by atoms with Crippen LogP contribution in [0.1, 0.15) is 6.92 Å². The molecule has 4 heteroatoms. The van der Waals surface area contributed by atoms with Crippen LogP contribution in [-0.4, -0.2) is 22.2 Å². The number of pyridine rings is 1. The minimum absolute atomic E-state index is 0.539. The summed E-state index contributed by atoms with van der Waals surface area (Å²) in [6.45, 7) is 1.50. The third-order valence-electron chi connectivity index (χ3n) is 2.51. The van der Waals surface area contributed by atoms with Gasteiger partial charge < -0.3 is 9.84 Å². The Kier molecular flexibility index (Phi) is 3.57. The van der Waals surface area contributed by atoms with Crippen LogP contribution < -0.4 is 4.74 Å². The van der Waals surface area contributed by atoms with Crippen molar-refractivity contribution in [2.24, 2.45) is 0 Å². The van der Waals surface area contributed by atoms with Gasteiger partial charge in [0, 0.05) is 12.4 Å². The van der Waals surface area contributed by atoms with Crippen molar-refractivity contribution in [2.45, 2.75) is 13.0 Å². The molecule has 1 unspecified atom stereocenters. The maximum atomic E-state index is 10.7. The molecule has 18 heavy (non-hydrogen) atoms. The molecule has 0 bridgehead atoms. The standard InChI is InChI=1S/C14H13NO3/c1-10(14(16)17)18-13-6-4-11(5-7-13)12-3-2-8-15-9-12/h2-10H,1H3,(H,16,17). The van der Waals surface area contributed by atoms with Crippen LogP contribution in [-0.2, 0) is 4.79 Å². The Bertz CT molecular complexity index is 522. The lowest BCUT2D eigenvalue weighted by Crippen LogP contribution is -2.22. The minimum Gasteiger partial charge on any atom is -0.479 e. The minimum atomic E-state index is -0.980. The van der Waals surface area contributed by atoms with Gasteiger partial charge >= 0.3 is 5.97 Å². The summed E-state index contributed by atoms with van der Waals surface area (Å²) in [5.74, 6) is -0.441. The molecule has 2 aromatic rings. The summed E-state index contributed by atoms with van der Waals surface area (Å²) in [6, 6.07) is 11.1. The zero-order chi connectivity index (χ0) is 13.0. The molecule has 1 N–H and O–H groups in total. The van der Waals surface area contributed by atoms with Crippen LogP contribution in [0.3, 0.4) is 0 Å². The molecule has 0 aliphatic carbocycles. The van der Waals surface area contributed by atoms with E-state index in [-0.39, 0.29) is 0 Å². The maximum Gasteiger partial charge on any atom is 0.344 e. The van der Waals surface area contributed by atoms with Gasteiger partial charge in [-0.1, -0.05) is 18.2 Å². The number of nitrogens with zero attached hydrogens (tertiary/aromatic N) is 1. The van der Waals surface area contributed by atoms with E-state index in [4.69, 9.17) is 9.84 Å². The van der Waals surface area contributed by atoms with E-state index in [0.29, 0.717) is 5.75 Å². The van der Waals surface area contributed by atoms with Gasteiger partial charge in [-0.05, 0) is 36.2 Å². The van der Waals surface area contributed by atoms with E-state index in [2.05, 4.69) is 4.98 Å². The van der Waals surface area contributed by atoms with Crippen LogP contribution in [0.4, 0.5) is 0 Å². The summed E-state index contributed by atoms with van der Waals surface area (Å²) in [6.07, 6.45) is 2.64. The fraction of sp³-hybridized carbons (Fsp3) is 0.143. The highest BCUT2D eigenvalue weighted by molar-refractivity contribution is 5.72. The van der Waals surface area contributed by atoms with Crippen molar-refractivity contribution in [3.8, 4) is 16.9 Å². The van der Waals surface area contributed by atoms with E-state index >= 15 is 0 Å². The molecule has 4 nitrogen and oxygen atoms in total. The first-order chi connectivity index (χ1) is 8.66. The second kappa shape index (κ2) is 5.31. The Morgan fingerprint density at radius 2 is 1.94 bits per heavy atom. The number of hydrogen-bond acceptors (Lipinski definition) is 3. The molecule has 0 radical (unpaired) electrons. The monoisotopic (exact) mass is 243 g/mol. The van der Waals surface area contributed by atoms with Crippen molar-refractivity contribution in [1.82, 2.24) is 4.98 Å². The van der Waals surface area contributed by atoms with Crippen LogP contribution >= 0.6 is 0 Å². The second-order valence-electron chi connectivity index (χ2n) is 3.86. The van der Waals surface area contributed by atoms with E-state index in [0.717, 1.165) is 11.1 Å². The molecule has 1 aromatic carbocycles. The van der Waals surface area contributed by atoms with Crippen molar-refractivity contribution in [2.75, 3.05) is 0 Å². The summed E-state index contributed by atoms with van der Waals surface area (Å²) >= 11 is 0. The normalized spacial score (nSPS) is 11.8. The molecule has 1 heterocycles. The van der Waals surface area contributed by atoms with Crippen molar-refractivity contribution in [3.63, 3.8) is 0 Å².